The Morgan fingerprint density at radius 2 is 1.88 bits per heavy atom. The lowest BCUT2D eigenvalue weighted by Crippen LogP contribution is -2.32. The van der Waals surface area contributed by atoms with Crippen LogP contribution in [0.1, 0.15) is 5.56 Å². The summed E-state index contributed by atoms with van der Waals surface area (Å²) in [5.74, 6) is -0.336. The first-order chi connectivity index (χ1) is 12.0. The predicted molar refractivity (Wildman–Crippen MR) is 90.9 cm³/mol. The van der Waals surface area contributed by atoms with E-state index in [4.69, 9.17) is 0 Å². The zero-order valence-electron chi connectivity index (χ0n) is 13.1. The summed E-state index contributed by atoms with van der Waals surface area (Å²) in [6.45, 7) is 0.0867. The van der Waals surface area contributed by atoms with E-state index in [1.54, 1.807) is 36.4 Å². The molecule has 0 fully saturated rings. The van der Waals surface area contributed by atoms with E-state index in [9.17, 15) is 19.7 Å². The molecule has 0 radical (unpaired) electrons. The zero-order chi connectivity index (χ0) is 17.8. The Bertz CT molecular complexity index is 995. The number of rotatable bonds is 5. The van der Waals surface area contributed by atoms with Crippen molar-refractivity contribution in [1.82, 2.24) is 14.9 Å². The minimum Gasteiger partial charge on any atom is -0.350 e. The first kappa shape index (κ1) is 16.3. The maximum absolute atomic E-state index is 12.2. The number of carbonyl (C=O) groups excluding carboxylic acids is 1. The van der Waals surface area contributed by atoms with Crippen LogP contribution in [0.3, 0.4) is 0 Å². The molecule has 25 heavy (non-hydrogen) atoms. The van der Waals surface area contributed by atoms with Crippen molar-refractivity contribution < 1.29 is 9.72 Å². The smallest absolute Gasteiger partial charge is 0.269 e. The van der Waals surface area contributed by atoms with Gasteiger partial charge in [-0.25, -0.2) is 4.98 Å². The van der Waals surface area contributed by atoms with E-state index in [2.05, 4.69) is 10.3 Å². The summed E-state index contributed by atoms with van der Waals surface area (Å²) in [6.07, 6.45) is 1.19. The van der Waals surface area contributed by atoms with Crippen LogP contribution in [0.25, 0.3) is 11.0 Å². The molecular formula is C17H14N4O4. The van der Waals surface area contributed by atoms with Gasteiger partial charge in [0.05, 0.1) is 22.2 Å². The second kappa shape index (κ2) is 6.91. The molecule has 0 aliphatic carbocycles. The fraction of sp³-hybridized carbons (Fsp3) is 0.118. The van der Waals surface area contributed by atoms with Gasteiger partial charge in [-0.05, 0) is 17.7 Å². The molecule has 2 aromatic carbocycles. The van der Waals surface area contributed by atoms with Gasteiger partial charge < -0.3 is 5.32 Å². The minimum atomic E-state index is -0.483. The highest BCUT2D eigenvalue weighted by atomic mass is 16.6. The SMILES string of the molecule is O=C(Cn1c(=O)cnc2ccccc21)NCc1ccc([N+](=O)[O-])cc1. The molecule has 126 valence electrons. The first-order valence-corrected chi connectivity index (χ1v) is 7.49. The van der Waals surface area contributed by atoms with Crippen LogP contribution in [0.5, 0.6) is 0 Å². The Morgan fingerprint density at radius 1 is 1.16 bits per heavy atom. The topological polar surface area (TPSA) is 107 Å². The number of carbonyl (C=O) groups is 1. The summed E-state index contributed by atoms with van der Waals surface area (Å²) in [6, 6.07) is 13.0. The molecule has 0 spiro atoms. The molecule has 0 atom stereocenters. The molecule has 1 amide bonds. The van der Waals surface area contributed by atoms with Gasteiger partial charge in [0.1, 0.15) is 6.54 Å². The molecular weight excluding hydrogens is 324 g/mol. The standard InChI is InChI=1S/C17H14N4O4/c22-16(19-9-12-5-7-13(8-6-12)21(24)25)11-20-15-4-2-1-3-14(15)18-10-17(20)23/h1-8,10H,9,11H2,(H,19,22). The highest BCUT2D eigenvalue weighted by Crippen LogP contribution is 2.12. The van der Waals surface area contributed by atoms with Gasteiger partial charge in [-0.2, -0.15) is 0 Å². The van der Waals surface area contributed by atoms with Gasteiger partial charge in [-0.1, -0.05) is 24.3 Å². The van der Waals surface area contributed by atoms with Gasteiger partial charge in [-0.15, -0.1) is 0 Å². The minimum absolute atomic E-state index is 0.00937. The number of non-ortho nitro benzene ring substituents is 1. The van der Waals surface area contributed by atoms with E-state index in [0.717, 1.165) is 5.56 Å². The Balaban J connectivity index is 1.70. The monoisotopic (exact) mass is 338 g/mol. The highest BCUT2D eigenvalue weighted by Gasteiger charge is 2.09. The second-order valence-corrected chi connectivity index (χ2v) is 5.37. The van der Waals surface area contributed by atoms with Crippen LogP contribution in [0.15, 0.2) is 59.5 Å². The number of hydrogen-bond acceptors (Lipinski definition) is 5. The van der Waals surface area contributed by atoms with Crippen LogP contribution in [-0.2, 0) is 17.9 Å². The molecule has 8 heteroatoms. The molecule has 3 aromatic rings. The van der Waals surface area contributed by atoms with Crippen molar-refractivity contribution in [2.75, 3.05) is 0 Å². The number of fused-ring (bicyclic) bond motifs is 1. The van der Waals surface area contributed by atoms with Crippen molar-refractivity contribution in [2.24, 2.45) is 0 Å². The molecule has 0 aliphatic rings. The predicted octanol–water partition coefficient (Wildman–Crippen LogP) is 1.62. The molecule has 8 nitrogen and oxygen atoms in total. The summed E-state index contributed by atoms with van der Waals surface area (Å²) in [5, 5.41) is 13.3. The Labute approximate surface area is 141 Å². The van der Waals surface area contributed by atoms with Crippen LogP contribution in [0.2, 0.25) is 0 Å². The van der Waals surface area contributed by atoms with Crippen LogP contribution < -0.4 is 10.9 Å². The van der Waals surface area contributed by atoms with Crippen molar-refractivity contribution in [1.29, 1.82) is 0 Å². The van der Waals surface area contributed by atoms with E-state index >= 15 is 0 Å². The van der Waals surface area contributed by atoms with Crippen molar-refractivity contribution in [2.45, 2.75) is 13.1 Å². The van der Waals surface area contributed by atoms with Gasteiger partial charge in [-0.3, -0.25) is 24.3 Å². The van der Waals surface area contributed by atoms with Gasteiger partial charge in [0.25, 0.3) is 11.2 Å². The fourth-order valence-electron chi connectivity index (χ4n) is 2.41. The van der Waals surface area contributed by atoms with Crippen molar-refractivity contribution in [3.8, 4) is 0 Å². The number of amides is 1. The highest BCUT2D eigenvalue weighted by molar-refractivity contribution is 5.79. The molecule has 1 N–H and O–H groups in total. The number of nitrogens with zero attached hydrogens (tertiary/aromatic N) is 3. The maximum Gasteiger partial charge on any atom is 0.269 e. The summed E-state index contributed by atoms with van der Waals surface area (Å²) < 4.78 is 1.35. The van der Waals surface area contributed by atoms with E-state index < -0.39 is 4.92 Å². The third-order valence-electron chi connectivity index (χ3n) is 3.69. The number of hydrogen-bond donors (Lipinski definition) is 1. The summed E-state index contributed by atoms with van der Waals surface area (Å²) >= 11 is 0. The number of nitro benzene ring substituents is 1. The van der Waals surface area contributed by atoms with Gasteiger partial charge >= 0.3 is 0 Å². The Kier molecular flexibility index (Phi) is 4.51. The quantitative estimate of drug-likeness (QED) is 0.562. The number of nitro groups is 1. The molecule has 0 saturated carbocycles. The van der Waals surface area contributed by atoms with Crippen LogP contribution in [0, 0.1) is 10.1 Å². The molecule has 0 aliphatic heterocycles. The molecule has 3 rings (SSSR count). The number of para-hydroxylation sites is 2. The van der Waals surface area contributed by atoms with E-state index in [1.807, 2.05) is 0 Å². The van der Waals surface area contributed by atoms with Crippen molar-refractivity contribution in [3.63, 3.8) is 0 Å². The van der Waals surface area contributed by atoms with Gasteiger partial charge in [0, 0.05) is 18.7 Å². The Morgan fingerprint density at radius 3 is 2.60 bits per heavy atom. The van der Waals surface area contributed by atoms with Crippen LogP contribution in [-0.4, -0.2) is 20.4 Å². The lowest BCUT2D eigenvalue weighted by atomic mass is 10.2. The first-order valence-electron chi connectivity index (χ1n) is 7.49. The lowest BCUT2D eigenvalue weighted by molar-refractivity contribution is -0.384. The van der Waals surface area contributed by atoms with Crippen molar-refractivity contribution >= 4 is 22.6 Å². The summed E-state index contributed by atoms with van der Waals surface area (Å²) in [5.41, 5.74) is 1.57. The number of nitrogens with one attached hydrogen (secondary N) is 1. The maximum atomic E-state index is 12.2. The van der Waals surface area contributed by atoms with E-state index in [1.165, 1.54) is 22.9 Å². The third kappa shape index (κ3) is 3.69. The molecule has 1 heterocycles. The van der Waals surface area contributed by atoms with Gasteiger partial charge in [0.2, 0.25) is 5.91 Å². The third-order valence-corrected chi connectivity index (χ3v) is 3.69. The fourth-order valence-corrected chi connectivity index (χ4v) is 2.41. The van der Waals surface area contributed by atoms with Crippen LogP contribution >= 0.6 is 0 Å². The van der Waals surface area contributed by atoms with Crippen molar-refractivity contribution in [3.05, 3.63) is 80.8 Å². The Hall–Kier alpha value is -3.55. The average molecular weight is 338 g/mol. The normalized spacial score (nSPS) is 10.6. The largest absolute Gasteiger partial charge is 0.350 e. The molecule has 0 saturated heterocycles. The average Bonchev–Trinajstić information content (AvgIpc) is 2.63. The van der Waals surface area contributed by atoms with Crippen LogP contribution in [0.4, 0.5) is 5.69 Å². The lowest BCUT2D eigenvalue weighted by Gasteiger charge is -2.10. The molecule has 1 aromatic heterocycles. The summed E-state index contributed by atoms with van der Waals surface area (Å²) in [4.78, 5) is 38.3. The van der Waals surface area contributed by atoms with Gasteiger partial charge in [0.15, 0.2) is 0 Å². The summed E-state index contributed by atoms with van der Waals surface area (Å²) in [7, 11) is 0. The number of benzene rings is 2. The molecule has 0 unspecified atom stereocenters. The van der Waals surface area contributed by atoms with E-state index in [0.29, 0.717) is 11.0 Å². The number of aromatic nitrogens is 2. The van der Waals surface area contributed by atoms with E-state index in [-0.39, 0.29) is 30.2 Å². The second-order valence-electron chi connectivity index (χ2n) is 5.37. The molecule has 0 bridgehead atoms. The zero-order valence-corrected chi connectivity index (χ0v) is 13.1.